The maximum absolute atomic E-state index is 12.6. The molecule has 0 N–H and O–H groups in total. The minimum Gasteiger partial charge on any atom is -0.339 e. The first kappa shape index (κ1) is 15.6. The van der Waals surface area contributed by atoms with Crippen molar-refractivity contribution in [1.29, 1.82) is 0 Å². The second-order valence-electron chi connectivity index (χ2n) is 6.34. The van der Waals surface area contributed by atoms with Crippen LogP contribution in [0.2, 0.25) is 0 Å². The zero-order valence-corrected chi connectivity index (χ0v) is 14.0. The lowest BCUT2D eigenvalue weighted by molar-refractivity contribution is 0.0793. The quantitative estimate of drug-likeness (QED) is 0.737. The van der Waals surface area contributed by atoms with Crippen LogP contribution in [0.25, 0.3) is 11.3 Å². The molecule has 0 radical (unpaired) electrons. The Balaban J connectivity index is 1.54. The van der Waals surface area contributed by atoms with Gasteiger partial charge in [-0.3, -0.25) is 14.5 Å². The summed E-state index contributed by atoms with van der Waals surface area (Å²) in [5, 5.41) is 4.42. The number of rotatable bonds is 4. The van der Waals surface area contributed by atoms with Crippen molar-refractivity contribution in [2.24, 2.45) is 0 Å². The van der Waals surface area contributed by atoms with Gasteiger partial charge in [0, 0.05) is 36.6 Å². The summed E-state index contributed by atoms with van der Waals surface area (Å²) in [6.45, 7) is 2.42. The number of nitrogens with zero attached hydrogens (tertiary/aromatic N) is 4. The highest BCUT2D eigenvalue weighted by Crippen LogP contribution is 2.20. The molecular weight excluding hydrogens is 312 g/mol. The second-order valence-corrected chi connectivity index (χ2v) is 6.34. The molecule has 0 bridgehead atoms. The SMILES string of the molecule is O=C(c1ccnc(-c2cnn(Cc3ccccc3)c2)c1)N1CCCC1. The molecule has 2 aromatic heterocycles. The van der Waals surface area contributed by atoms with E-state index in [-0.39, 0.29) is 5.91 Å². The molecule has 1 aromatic carbocycles. The molecule has 126 valence electrons. The first-order chi connectivity index (χ1) is 12.3. The fraction of sp³-hybridized carbons (Fsp3) is 0.250. The number of amides is 1. The Kier molecular flexibility index (Phi) is 4.29. The van der Waals surface area contributed by atoms with E-state index in [2.05, 4.69) is 22.2 Å². The van der Waals surface area contributed by atoms with Gasteiger partial charge in [-0.15, -0.1) is 0 Å². The Labute approximate surface area is 146 Å². The first-order valence-electron chi connectivity index (χ1n) is 8.62. The fourth-order valence-electron chi connectivity index (χ4n) is 3.18. The fourth-order valence-corrected chi connectivity index (χ4v) is 3.18. The lowest BCUT2D eigenvalue weighted by Gasteiger charge is -2.15. The van der Waals surface area contributed by atoms with Crippen molar-refractivity contribution in [1.82, 2.24) is 19.7 Å². The van der Waals surface area contributed by atoms with E-state index in [1.54, 1.807) is 18.5 Å². The minimum absolute atomic E-state index is 0.0952. The van der Waals surface area contributed by atoms with Crippen molar-refractivity contribution in [3.05, 3.63) is 72.2 Å². The van der Waals surface area contributed by atoms with Crippen LogP contribution < -0.4 is 0 Å². The third-order valence-electron chi connectivity index (χ3n) is 4.52. The van der Waals surface area contributed by atoms with Gasteiger partial charge >= 0.3 is 0 Å². The van der Waals surface area contributed by atoms with E-state index >= 15 is 0 Å². The van der Waals surface area contributed by atoms with Crippen molar-refractivity contribution in [3.63, 3.8) is 0 Å². The molecule has 1 aliphatic heterocycles. The van der Waals surface area contributed by atoms with Crippen LogP contribution in [0.4, 0.5) is 0 Å². The maximum atomic E-state index is 12.6. The first-order valence-corrected chi connectivity index (χ1v) is 8.62. The molecule has 4 rings (SSSR count). The highest BCUT2D eigenvalue weighted by atomic mass is 16.2. The topological polar surface area (TPSA) is 51.0 Å². The van der Waals surface area contributed by atoms with Crippen LogP contribution in [-0.2, 0) is 6.54 Å². The molecule has 0 spiro atoms. The van der Waals surface area contributed by atoms with E-state index in [0.29, 0.717) is 12.1 Å². The third kappa shape index (κ3) is 3.45. The normalized spacial score (nSPS) is 14.0. The van der Waals surface area contributed by atoms with Crippen molar-refractivity contribution < 1.29 is 4.79 Å². The van der Waals surface area contributed by atoms with E-state index < -0.39 is 0 Å². The molecule has 3 heterocycles. The van der Waals surface area contributed by atoms with E-state index in [1.165, 1.54) is 5.56 Å². The Morgan fingerprint density at radius 2 is 1.88 bits per heavy atom. The highest BCUT2D eigenvalue weighted by molar-refractivity contribution is 5.95. The molecule has 1 saturated heterocycles. The smallest absolute Gasteiger partial charge is 0.253 e. The lowest BCUT2D eigenvalue weighted by atomic mass is 10.1. The summed E-state index contributed by atoms with van der Waals surface area (Å²) in [6.07, 6.45) is 7.66. The average molecular weight is 332 g/mol. The van der Waals surface area contributed by atoms with Gasteiger partial charge < -0.3 is 4.90 Å². The second kappa shape index (κ2) is 6.89. The van der Waals surface area contributed by atoms with Gasteiger partial charge in [-0.1, -0.05) is 30.3 Å². The summed E-state index contributed by atoms with van der Waals surface area (Å²) in [5.41, 5.74) is 3.60. The predicted octanol–water partition coefficient (Wildman–Crippen LogP) is 3.23. The predicted molar refractivity (Wildman–Crippen MR) is 96.1 cm³/mol. The molecule has 0 aliphatic carbocycles. The van der Waals surface area contributed by atoms with Gasteiger partial charge in [0.05, 0.1) is 18.4 Å². The summed E-state index contributed by atoms with van der Waals surface area (Å²) in [5.74, 6) is 0.0952. The van der Waals surface area contributed by atoms with Crippen LogP contribution in [0, 0.1) is 0 Å². The molecule has 1 amide bonds. The van der Waals surface area contributed by atoms with Gasteiger partial charge in [-0.2, -0.15) is 5.10 Å². The zero-order valence-electron chi connectivity index (χ0n) is 14.0. The highest BCUT2D eigenvalue weighted by Gasteiger charge is 2.20. The van der Waals surface area contributed by atoms with Gasteiger partial charge in [0.2, 0.25) is 0 Å². The monoisotopic (exact) mass is 332 g/mol. The van der Waals surface area contributed by atoms with Crippen LogP contribution in [0.1, 0.15) is 28.8 Å². The number of hydrogen-bond donors (Lipinski definition) is 0. The summed E-state index contributed by atoms with van der Waals surface area (Å²) in [7, 11) is 0. The van der Waals surface area contributed by atoms with Crippen LogP contribution in [0.15, 0.2) is 61.1 Å². The van der Waals surface area contributed by atoms with Gasteiger partial charge in [0.25, 0.3) is 5.91 Å². The van der Waals surface area contributed by atoms with Gasteiger partial charge in [0.1, 0.15) is 0 Å². The Hall–Kier alpha value is -2.95. The Morgan fingerprint density at radius 1 is 1.08 bits per heavy atom. The number of likely N-dealkylation sites (tertiary alicyclic amines) is 1. The Morgan fingerprint density at radius 3 is 2.68 bits per heavy atom. The minimum atomic E-state index is 0.0952. The summed E-state index contributed by atoms with van der Waals surface area (Å²) < 4.78 is 1.89. The summed E-state index contributed by atoms with van der Waals surface area (Å²) >= 11 is 0. The van der Waals surface area contributed by atoms with Crippen LogP contribution in [0.3, 0.4) is 0 Å². The summed E-state index contributed by atoms with van der Waals surface area (Å²) in [6, 6.07) is 13.9. The molecule has 0 atom stereocenters. The number of benzene rings is 1. The largest absolute Gasteiger partial charge is 0.339 e. The molecule has 25 heavy (non-hydrogen) atoms. The van der Waals surface area contributed by atoms with E-state index in [9.17, 15) is 4.79 Å². The Bertz CT molecular complexity index is 866. The molecule has 5 heteroatoms. The molecule has 3 aromatic rings. The molecule has 1 fully saturated rings. The summed E-state index contributed by atoms with van der Waals surface area (Å²) in [4.78, 5) is 18.9. The van der Waals surface area contributed by atoms with Crippen LogP contribution in [0.5, 0.6) is 0 Å². The van der Waals surface area contributed by atoms with Crippen LogP contribution in [-0.4, -0.2) is 38.7 Å². The maximum Gasteiger partial charge on any atom is 0.253 e. The number of carbonyl (C=O) groups excluding carboxylic acids is 1. The zero-order chi connectivity index (χ0) is 17.1. The van der Waals surface area contributed by atoms with Crippen molar-refractivity contribution in [2.45, 2.75) is 19.4 Å². The van der Waals surface area contributed by atoms with E-state index in [0.717, 1.165) is 37.2 Å². The number of carbonyl (C=O) groups is 1. The molecule has 0 unspecified atom stereocenters. The average Bonchev–Trinajstić information content (AvgIpc) is 3.34. The lowest BCUT2D eigenvalue weighted by Crippen LogP contribution is -2.27. The van der Waals surface area contributed by atoms with E-state index in [4.69, 9.17) is 0 Å². The van der Waals surface area contributed by atoms with E-state index in [1.807, 2.05) is 40.0 Å². The number of hydrogen-bond acceptors (Lipinski definition) is 3. The van der Waals surface area contributed by atoms with Gasteiger partial charge in [0.15, 0.2) is 0 Å². The van der Waals surface area contributed by atoms with Crippen molar-refractivity contribution in [2.75, 3.05) is 13.1 Å². The number of aromatic nitrogens is 3. The molecule has 5 nitrogen and oxygen atoms in total. The number of pyridine rings is 1. The standard InChI is InChI=1S/C20H20N4O/c25-20(23-10-4-5-11-23)17-8-9-21-19(12-17)18-13-22-24(15-18)14-16-6-2-1-3-7-16/h1-3,6-9,12-13,15H,4-5,10-11,14H2. The van der Waals surface area contributed by atoms with Crippen LogP contribution >= 0.6 is 0 Å². The van der Waals surface area contributed by atoms with Crippen molar-refractivity contribution in [3.8, 4) is 11.3 Å². The molecule has 1 aliphatic rings. The third-order valence-corrected chi connectivity index (χ3v) is 4.52. The van der Waals surface area contributed by atoms with Gasteiger partial charge in [-0.25, -0.2) is 0 Å². The van der Waals surface area contributed by atoms with Crippen molar-refractivity contribution >= 4 is 5.91 Å². The molecular formula is C20H20N4O. The molecule has 0 saturated carbocycles. The van der Waals surface area contributed by atoms with Gasteiger partial charge in [-0.05, 0) is 30.5 Å².